The molecule has 2 aliphatic rings. The Morgan fingerprint density at radius 2 is 1.80 bits per heavy atom. The van der Waals surface area contributed by atoms with Crippen molar-refractivity contribution >= 4 is 21.6 Å². The smallest absolute Gasteiger partial charge is 0.258 e. The Morgan fingerprint density at radius 3 is 2.57 bits per heavy atom. The average Bonchev–Trinajstić information content (AvgIpc) is 2.78. The highest BCUT2D eigenvalue weighted by Crippen LogP contribution is 2.30. The van der Waals surface area contributed by atoms with Crippen LogP contribution in [-0.2, 0) is 16.4 Å². The van der Waals surface area contributed by atoms with Gasteiger partial charge < -0.3 is 4.90 Å². The summed E-state index contributed by atoms with van der Waals surface area (Å²) in [5, 5.41) is 0. The number of carbonyl (C=O) groups excluding carboxylic acids is 1. The van der Waals surface area contributed by atoms with E-state index in [0.29, 0.717) is 12.1 Å². The monoisotopic (exact) mass is 426 g/mol. The molecule has 2 aromatic carbocycles. The van der Waals surface area contributed by atoms with E-state index in [9.17, 15) is 13.2 Å². The Labute approximate surface area is 179 Å². The molecule has 1 aliphatic heterocycles. The number of benzene rings is 2. The van der Waals surface area contributed by atoms with Crippen molar-refractivity contribution in [2.45, 2.75) is 62.8 Å². The predicted molar refractivity (Wildman–Crippen MR) is 119 cm³/mol. The summed E-state index contributed by atoms with van der Waals surface area (Å²) < 4.78 is 27.9. The first-order valence-electron chi connectivity index (χ1n) is 10.9. The van der Waals surface area contributed by atoms with Crippen molar-refractivity contribution in [3.8, 4) is 0 Å². The molecule has 0 N–H and O–H groups in total. The summed E-state index contributed by atoms with van der Waals surface area (Å²) in [5.41, 5.74) is 3.71. The van der Waals surface area contributed by atoms with Gasteiger partial charge >= 0.3 is 0 Å². The van der Waals surface area contributed by atoms with E-state index < -0.39 is 10.0 Å². The Hall–Kier alpha value is -2.18. The Balaban J connectivity index is 1.62. The van der Waals surface area contributed by atoms with Gasteiger partial charge in [0.15, 0.2) is 0 Å². The van der Waals surface area contributed by atoms with E-state index in [1.807, 2.05) is 12.1 Å². The summed E-state index contributed by atoms with van der Waals surface area (Å²) in [5.74, 6) is -0.142. The summed E-state index contributed by atoms with van der Waals surface area (Å²) in [6.07, 6.45) is 6.97. The Bertz CT molecular complexity index is 1040. The highest BCUT2D eigenvalue weighted by atomic mass is 32.2. The molecule has 1 aliphatic carbocycles. The molecule has 30 heavy (non-hydrogen) atoms. The van der Waals surface area contributed by atoms with Crippen LogP contribution in [0.2, 0.25) is 0 Å². The third-order valence-electron chi connectivity index (χ3n) is 6.45. The van der Waals surface area contributed by atoms with Crippen LogP contribution in [0.3, 0.4) is 0 Å². The van der Waals surface area contributed by atoms with Gasteiger partial charge in [0.25, 0.3) is 5.91 Å². The summed E-state index contributed by atoms with van der Waals surface area (Å²) in [6.45, 7) is 2.70. The average molecular weight is 427 g/mol. The molecule has 0 radical (unpaired) electrons. The molecule has 160 valence electrons. The van der Waals surface area contributed by atoms with Gasteiger partial charge in [-0.15, -0.1) is 0 Å². The van der Waals surface area contributed by atoms with Gasteiger partial charge in [0, 0.05) is 30.9 Å². The topological polar surface area (TPSA) is 57.7 Å². The number of aryl methyl sites for hydroxylation is 2. The van der Waals surface area contributed by atoms with Crippen molar-refractivity contribution in [3.05, 3.63) is 59.2 Å². The van der Waals surface area contributed by atoms with Crippen LogP contribution < -0.4 is 4.90 Å². The zero-order chi connectivity index (χ0) is 21.3. The van der Waals surface area contributed by atoms with Crippen molar-refractivity contribution in [1.29, 1.82) is 0 Å². The zero-order valence-electron chi connectivity index (χ0n) is 17.8. The van der Waals surface area contributed by atoms with Crippen molar-refractivity contribution in [1.82, 2.24) is 4.31 Å². The molecule has 0 atom stereocenters. The highest BCUT2D eigenvalue weighted by Gasteiger charge is 2.30. The van der Waals surface area contributed by atoms with Gasteiger partial charge in [0.05, 0.1) is 4.90 Å². The second kappa shape index (κ2) is 8.52. The summed E-state index contributed by atoms with van der Waals surface area (Å²) in [4.78, 5) is 15.3. The molecule has 1 fully saturated rings. The van der Waals surface area contributed by atoms with E-state index in [0.717, 1.165) is 44.2 Å². The standard InChI is InChI=1S/C24H30N2O3S/c1-18-13-14-23-19(16-18)9-7-15-26(23)24(27)20-8-6-12-22(17-20)30(28,29)25(2)21-10-4-3-5-11-21/h6,8,12-14,16-17,21H,3-5,7,9-11,15H2,1-2H3. The van der Waals surface area contributed by atoms with Gasteiger partial charge in [0.2, 0.25) is 10.0 Å². The third-order valence-corrected chi connectivity index (χ3v) is 8.35. The van der Waals surface area contributed by atoms with Crippen LogP contribution in [0, 0.1) is 6.92 Å². The number of sulfonamides is 1. The molecule has 1 saturated carbocycles. The number of hydrogen-bond donors (Lipinski definition) is 0. The van der Waals surface area contributed by atoms with E-state index in [2.05, 4.69) is 13.0 Å². The summed E-state index contributed by atoms with van der Waals surface area (Å²) >= 11 is 0. The van der Waals surface area contributed by atoms with Gasteiger partial charge in [-0.05, 0) is 62.4 Å². The van der Waals surface area contributed by atoms with E-state index in [1.54, 1.807) is 36.2 Å². The SMILES string of the molecule is Cc1ccc2c(c1)CCCN2C(=O)c1cccc(S(=O)(=O)N(C)C2CCCCC2)c1. The molecule has 6 heteroatoms. The maximum atomic E-state index is 13.3. The Kier molecular flexibility index (Phi) is 5.98. The quantitative estimate of drug-likeness (QED) is 0.721. The fourth-order valence-corrected chi connectivity index (χ4v) is 6.15. The molecule has 4 rings (SSSR count). The fourth-order valence-electron chi connectivity index (χ4n) is 4.69. The number of rotatable bonds is 4. The molecule has 1 amide bonds. The van der Waals surface area contributed by atoms with Crippen LogP contribution in [0.4, 0.5) is 5.69 Å². The zero-order valence-corrected chi connectivity index (χ0v) is 18.6. The second-order valence-electron chi connectivity index (χ2n) is 8.53. The van der Waals surface area contributed by atoms with Crippen molar-refractivity contribution in [2.24, 2.45) is 0 Å². The molecule has 1 heterocycles. The molecule has 2 aromatic rings. The summed E-state index contributed by atoms with van der Waals surface area (Å²) in [7, 11) is -1.96. The van der Waals surface area contributed by atoms with Gasteiger partial charge in [-0.1, -0.05) is 43.0 Å². The third kappa shape index (κ3) is 4.03. The van der Waals surface area contributed by atoms with Gasteiger partial charge in [0.1, 0.15) is 0 Å². The summed E-state index contributed by atoms with van der Waals surface area (Å²) in [6, 6.07) is 12.7. The minimum atomic E-state index is -3.63. The van der Waals surface area contributed by atoms with Crippen LogP contribution in [0.25, 0.3) is 0 Å². The molecule has 5 nitrogen and oxygen atoms in total. The van der Waals surface area contributed by atoms with Crippen molar-refractivity contribution < 1.29 is 13.2 Å². The van der Waals surface area contributed by atoms with Crippen LogP contribution in [0.1, 0.15) is 60.0 Å². The van der Waals surface area contributed by atoms with Crippen LogP contribution in [-0.4, -0.2) is 38.3 Å². The number of hydrogen-bond acceptors (Lipinski definition) is 3. The normalized spacial score (nSPS) is 17.8. The maximum absolute atomic E-state index is 13.3. The lowest BCUT2D eigenvalue weighted by Crippen LogP contribution is -2.38. The molecular formula is C24H30N2O3S. The van der Waals surface area contributed by atoms with Gasteiger partial charge in [-0.2, -0.15) is 4.31 Å². The van der Waals surface area contributed by atoms with Crippen LogP contribution in [0.15, 0.2) is 47.4 Å². The van der Waals surface area contributed by atoms with E-state index >= 15 is 0 Å². The number of nitrogens with zero attached hydrogens (tertiary/aromatic N) is 2. The first-order valence-corrected chi connectivity index (χ1v) is 12.3. The maximum Gasteiger partial charge on any atom is 0.258 e. The first-order chi connectivity index (χ1) is 14.4. The number of amides is 1. The second-order valence-corrected chi connectivity index (χ2v) is 10.5. The molecular weight excluding hydrogens is 396 g/mol. The van der Waals surface area contributed by atoms with E-state index in [1.165, 1.54) is 21.9 Å². The fraction of sp³-hybridized carbons (Fsp3) is 0.458. The minimum absolute atomic E-state index is 0.0420. The van der Waals surface area contributed by atoms with Crippen molar-refractivity contribution in [3.63, 3.8) is 0 Å². The number of carbonyl (C=O) groups is 1. The largest absolute Gasteiger partial charge is 0.308 e. The van der Waals surface area contributed by atoms with Crippen molar-refractivity contribution in [2.75, 3.05) is 18.5 Å². The first kappa shape index (κ1) is 21.1. The number of fused-ring (bicyclic) bond motifs is 1. The highest BCUT2D eigenvalue weighted by molar-refractivity contribution is 7.89. The lowest BCUT2D eigenvalue weighted by atomic mass is 9.96. The molecule has 0 bridgehead atoms. The molecule has 0 spiro atoms. The molecule has 0 saturated heterocycles. The van der Waals surface area contributed by atoms with E-state index in [-0.39, 0.29) is 16.8 Å². The molecule has 0 unspecified atom stereocenters. The van der Waals surface area contributed by atoms with Gasteiger partial charge in [-0.3, -0.25) is 4.79 Å². The lowest BCUT2D eigenvalue weighted by Gasteiger charge is -2.31. The molecule has 0 aromatic heterocycles. The van der Waals surface area contributed by atoms with Crippen LogP contribution >= 0.6 is 0 Å². The predicted octanol–water partition coefficient (Wildman–Crippen LogP) is 4.54. The van der Waals surface area contributed by atoms with Crippen LogP contribution in [0.5, 0.6) is 0 Å². The Morgan fingerprint density at radius 1 is 1.03 bits per heavy atom. The minimum Gasteiger partial charge on any atom is -0.308 e. The lowest BCUT2D eigenvalue weighted by molar-refractivity contribution is 0.0985. The number of anilines is 1. The van der Waals surface area contributed by atoms with Gasteiger partial charge in [-0.25, -0.2) is 8.42 Å². The van der Waals surface area contributed by atoms with E-state index in [4.69, 9.17) is 0 Å².